The van der Waals surface area contributed by atoms with Crippen molar-refractivity contribution in [2.24, 2.45) is 5.92 Å². The minimum atomic E-state index is -0.353. The molecule has 0 unspecified atom stereocenters. The highest BCUT2D eigenvalue weighted by atomic mass is 19.1. The lowest BCUT2D eigenvalue weighted by Gasteiger charge is -2.32. The van der Waals surface area contributed by atoms with Crippen molar-refractivity contribution in [2.45, 2.75) is 26.3 Å². The van der Waals surface area contributed by atoms with Gasteiger partial charge in [-0.25, -0.2) is 9.37 Å². The number of carbonyl (C=O) groups excluding carboxylic acids is 1. The predicted molar refractivity (Wildman–Crippen MR) is 129 cm³/mol. The van der Waals surface area contributed by atoms with Crippen LogP contribution in [0.3, 0.4) is 0 Å². The summed E-state index contributed by atoms with van der Waals surface area (Å²) in [6.07, 6.45) is 2.83. The topological polar surface area (TPSA) is 93.4 Å². The van der Waals surface area contributed by atoms with Crippen molar-refractivity contribution in [1.82, 2.24) is 20.4 Å². The van der Waals surface area contributed by atoms with Crippen molar-refractivity contribution >= 4 is 22.8 Å². The molecule has 9 heteroatoms. The van der Waals surface area contributed by atoms with E-state index in [-0.39, 0.29) is 17.6 Å². The number of benzene rings is 2. The fourth-order valence-electron chi connectivity index (χ4n) is 4.40. The first-order chi connectivity index (χ1) is 17.1. The molecule has 0 bridgehead atoms. The Labute approximate surface area is 202 Å². The van der Waals surface area contributed by atoms with E-state index >= 15 is 0 Å². The number of halogens is 1. The third-order valence-electron chi connectivity index (χ3n) is 6.22. The van der Waals surface area contributed by atoms with Crippen LogP contribution in [0, 0.1) is 11.7 Å². The molecule has 2 aromatic carbocycles. The lowest BCUT2D eigenvalue weighted by atomic mass is 9.95. The number of carbonyl (C=O) groups is 1. The molecule has 0 radical (unpaired) electrons. The minimum absolute atomic E-state index is 0.0526. The number of fused-ring (bicyclic) bond motifs is 1. The molecule has 3 heterocycles. The number of nitrogens with one attached hydrogen (secondary N) is 1. The molecule has 180 valence electrons. The number of ether oxygens (including phenoxy) is 1. The molecular formula is C26H26FN5O3. The average molecular weight is 476 g/mol. The molecular weight excluding hydrogens is 449 g/mol. The Morgan fingerprint density at radius 3 is 2.71 bits per heavy atom. The molecule has 1 amide bonds. The quantitative estimate of drug-likeness (QED) is 0.425. The van der Waals surface area contributed by atoms with Crippen molar-refractivity contribution in [3.8, 4) is 17.0 Å². The molecule has 1 aliphatic heterocycles. The van der Waals surface area contributed by atoms with E-state index in [1.165, 1.54) is 18.5 Å². The van der Waals surface area contributed by atoms with Crippen LogP contribution in [0.5, 0.6) is 5.75 Å². The number of piperidine rings is 1. The van der Waals surface area contributed by atoms with E-state index in [1.54, 1.807) is 12.1 Å². The summed E-state index contributed by atoms with van der Waals surface area (Å²) >= 11 is 0. The number of aromatic nitrogens is 3. The van der Waals surface area contributed by atoms with Gasteiger partial charge in [-0.3, -0.25) is 4.79 Å². The van der Waals surface area contributed by atoms with Gasteiger partial charge in [0.05, 0.1) is 6.61 Å². The maximum Gasteiger partial charge on any atom is 0.263 e. The summed E-state index contributed by atoms with van der Waals surface area (Å²) in [5.41, 5.74) is 2.48. The van der Waals surface area contributed by atoms with Crippen molar-refractivity contribution in [1.29, 1.82) is 0 Å². The minimum Gasteiger partial charge on any atom is -0.494 e. The molecule has 1 fully saturated rings. The van der Waals surface area contributed by atoms with Gasteiger partial charge in [-0.2, -0.15) is 4.98 Å². The maximum absolute atomic E-state index is 13.8. The molecule has 1 saturated heterocycles. The van der Waals surface area contributed by atoms with Crippen molar-refractivity contribution in [2.75, 3.05) is 24.6 Å². The number of amides is 1. The van der Waals surface area contributed by atoms with Gasteiger partial charge in [-0.1, -0.05) is 29.4 Å². The smallest absolute Gasteiger partial charge is 0.263 e. The van der Waals surface area contributed by atoms with Crippen LogP contribution in [-0.4, -0.2) is 40.7 Å². The van der Waals surface area contributed by atoms with Gasteiger partial charge in [0.15, 0.2) is 0 Å². The first kappa shape index (κ1) is 22.8. The van der Waals surface area contributed by atoms with E-state index in [0.717, 1.165) is 11.3 Å². The Bertz CT molecular complexity index is 1320. The van der Waals surface area contributed by atoms with Gasteiger partial charge < -0.3 is 19.5 Å². The Morgan fingerprint density at radius 2 is 1.97 bits per heavy atom. The van der Waals surface area contributed by atoms with Crippen LogP contribution in [-0.2, 0) is 11.3 Å². The normalized spacial score (nSPS) is 14.3. The number of hydrogen-bond acceptors (Lipinski definition) is 7. The van der Waals surface area contributed by atoms with E-state index in [4.69, 9.17) is 9.26 Å². The van der Waals surface area contributed by atoms with Crippen molar-refractivity contribution < 1.29 is 18.4 Å². The Morgan fingerprint density at radius 1 is 1.17 bits per heavy atom. The zero-order valence-electron chi connectivity index (χ0n) is 19.4. The molecule has 0 atom stereocenters. The first-order valence-electron chi connectivity index (χ1n) is 11.7. The molecule has 35 heavy (non-hydrogen) atoms. The molecule has 4 aromatic rings. The average Bonchev–Trinajstić information content (AvgIpc) is 3.33. The van der Waals surface area contributed by atoms with Gasteiger partial charge in [-0.15, -0.1) is 0 Å². The summed E-state index contributed by atoms with van der Waals surface area (Å²) in [7, 11) is 0. The lowest BCUT2D eigenvalue weighted by molar-refractivity contribution is -0.125. The fraction of sp³-hybridized carbons (Fsp3) is 0.308. The van der Waals surface area contributed by atoms with E-state index in [9.17, 15) is 9.18 Å². The van der Waals surface area contributed by atoms with E-state index < -0.39 is 0 Å². The fourth-order valence-corrected chi connectivity index (χ4v) is 4.40. The van der Waals surface area contributed by atoms with E-state index in [2.05, 4.69) is 25.3 Å². The van der Waals surface area contributed by atoms with Crippen LogP contribution in [0.25, 0.3) is 22.4 Å². The van der Waals surface area contributed by atoms with Crippen LogP contribution in [0.2, 0.25) is 0 Å². The summed E-state index contributed by atoms with van der Waals surface area (Å²) in [4.78, 5) is 23.6. The largest absolute Gasteiger partial charge is 0.494 e. The van der Waals surface area contributed by atoms with Gasteiger partial charge in [0.2, 0.25) is 5.91 Å². The lowest BCUT2D eigenvalue weighted by Crippen LogP contribution is -2.40. The van der Waals surface area contributed by atoms with Gasteiger partial charge in [-0.05, 0) is 49.6 Å². The zero-order valence-corrected chi connectivity index (χ0v) is 19.4. The standard InChI is InChI=1S/C26H26FN5O3/c1-2-34-21-8-6-17(7-9-21)15-28-25(33)18-10-12-32(13-11-18)24-22-23(19-4-3-5-20(27)14-19)31-35-26(22)30-16-29-24/h3-9,14,16,18H,2,10-13,15H2,1H3,(H,28,33). The highest BCUT2D eigenvalue weighted by Gasteiger charge is 2.28. The summed E-state index contributed by atoms with van der Waals surface area (Å²) < 4.78 is 24.7. The second kappa shape index (κ2) is 10.1. The summed E-state index contributed by atoms with van der Waals surface area (Å²) in [5, 5.41) is 7.83. The van der Waals surface area contributed by atoms with Gasteiger partial charge in [0.25, 0.3) is 5.71 Å². The molecule has 0 saturated carbocycles. The van der Waals surface area contributed by atoms with E-state index in [1.807, 2.05) is 31.2 Å². The maximum atomic E-state index is 13.8. The van der Waals surface area contributed by atoms with Crippen molar-refractivity contribution in [3.05, 3.63) is 66.2 Å². The Balaban J connectivity index is 1.24. The van der Waals surface area contributed by atoms with Crippen LogP contribution < -0.4 is 15.0 Å². The SMILES string of the molecule is CCOc1ccc(CNC(=O)C2CCN(c3ncnc4onc(-c5cccc(F)c5)c34)CC2)cc1. The molecule has 5 rings (SSSR count). The van der Waals surface area contributed by atoms with Crippen molar-refractivity contribution in [3.63, 3.8) is 0 Å². The van der Waals surface area contributed by atoms with Crippen LogP contribution in [0.4, 0.5) is 10.2 Å². The number of nitrogens with zero attached hydrogens (tertiary/aromatic N) is 4. The second-order valence-corrected chi connectivity index (χ2v) is 8.48. The summed E-state index contributed by atoms with van der Waals surface area (Å²) in [6.45, 7) is 4.36. The summed E-state index contributed by atoms with van der Waals surface area (Å²) in [5.74, 6) is 1.13. The van der Waals surface area contributed by atoms with Gasteiger partial charge in [0, 0.05) is 31.1 Å². The van der Waals surface area contributed by atoms with Gasteiger partial charge >= 0.3 is 0 Å². The molecule has 8 nitrogen and oxygen atoms in total. The molecule has 1 N–H and O–H groups in total. The van der Waals surface area contributed by atoms with Crippen LogP contribution >= 0.6 is 0 Å². The van der Waals surface area contributed by atoms with Crippen LogP contribution in [0.1, 0.15) is 25.3 Å². The zero-order chi connectivity index (χ0) is 24.2. The van der Waals surface area contributed by atoms with E-state index in [0.29, 0.717) is 67.3 Å². The highest BCUT2D eigenvalue weighted by Crippen LogP contribution is 2.34. The highest BCUT2D eigenvalue weighted by molar-refractivity contribution is 5.98. The second-order valence-electron chi connectivity index (χ2n) is 8.48. The molecule has 0 spiro atoms. The molecule has 2 aromatic heterocycles. The van der Waals surface area contributed by atoms with Crippen LogP contribution in [0.15, 0.2) is 59.4 Å². The first-order valence-corrected chi connectivity index (χ1v) is 11.7. The predicted octanol–water partition coefficient (Wildman–Crippen LogP) is 4.36. The number of hydrogen-bond donors (Lipinski definition) is 1. The molecule has 1 aliphatic rings. The third kappa shape index (κ3) is 4.94. The monoisotopic (exact) mass is 475 g/mol. The van der Waals surface area contributed by atoms with Gasteiger partial charge in [0.1, 0.15) is 34.8 Å². The summed E-state index contributed by atoms with van der Waals surface area (Å²) in [6, 6.07) is 13.9. The Kier molecular flexibility index (Phi) is 6.56. The Hall–Kier alpha value is -4.01. The number of anilines is 1. The molecule has 0 aliphatic carbocycles. The number of rotatable bonds is 7. The third-order valence-corrected chi connectivity index (χ3v) is 6.22.